The summed E-state index contributed by atoms with van der Waals surface area (Å²) in [5.74, 6) is 0.662. The Morgan fingerprint density at radius 1 is 1.11 bits per heavy atom. The molecule has 0 atom stereocenters. The van der Waals surface area contributed by atoms with Crippen LogP contribution in [0, 0.1) is 0 Å². The van der Waals surface area contributed by atoms with Crippen LogP contribution in [0.25, 0.3) is 5.57 Å². The van der Waals surface area contributed by atoms with Crippen LogP contribution in [0.5, 0.6) is 0 Å². The predicted octanol–water partition coefficient (Wildman–Crippen LogP) is 3.51. The molecule has 96 valence electrons. The highest BCUT2D eigenvalue weighted by Crippen LogP contribution is 2.28. The summed E-state index contributed by atoms with van der Waals surface area (Å²) in [6.07, 6.45) is 9.96. The standard InChI is InChI=1S/C16H22N2/c1-2-5-13(6-3-1)15-7-4-8-16(18-15)14-9-11-17-12-10-14/h4-5,7-8,14,17H,1-3,6,9-12H2. The summed E-state index contributed by atoms with van der Waals surface area (Å²) in [5, 5.41) is 3.42. The zero-order chi connectivity index (χ0) is 12.2. The SMILES string of the molecule is C1=C(c2cccc(C3CCNCC3)n2)CCCC1. The fraction of sp³-hybridized carbons (Fsp3) is 0.562. The van der Waals surface area contributed by atoms with Crippen LogP contribution in [0.15, 0.2) is 24.3 Å². The molecular weight excluding hydrogens is 220 g/mol. The Labute approximate surface area is 110 Å². The second kappa shape index (κ2) is 5.66. The van der Waals surface area contributed by atoms with Crippen LogP contribution in [0.4, 0.5) is 0 Å². The molecule has 0 unspecified atom stereocenters. The number of pyridine rings is 1. The lowest BCUT2D eigenvalue weighted by atomic mass is 9.92. The smallest absolute Gasteiger partial charge is 0.0661 e. The van der Waals surface area contributed by atoms with Crippen LogP contribution in [-0.4, -0.2) is 18.1 Å². The summed E-state index contributed by atoms with van der Waals surface area (Å²) in [6.45, 7) is 2.28. The first-order valence-electron chi connectivity index (χ1n) is 7.30. The van der Waals surface area contributed by atoms with Gasteiger partial charge in [-0.1, -0.05) is 12.1 Å². The van der Waals surface area contributed by atoms with Gasteiger partial charge in [-0.2, -0.15) is 0 Å². The van der Waals surface area contributed by atoms with Gasteiger partial charge in [-0.3, -0.25) is 4.98 Å². The molecular formula is C16H22N2. The Kier molecular flexibility index (Phi) is 3.75. The highest BCUT2D eigenvalue weighted by molar-refractivity contribution is 5.63. The van der Waals surface area contributed by atoms with E-state index in [1.165, 1.54) is 55.5 Å². The molecule has 2 heterocycles. The van der Waals surface area contributed by atoms with E-state index in [0.717, 1.165) is 13.1 Å². The molecule has 18 heavy (non-hydrogen) atoms. The monoisotopic (exact) mass is 242 g/mol. The second-order valence-electron chi connectivity index (χ2n) is 5.45. The highest BCUT2D eigenvalue weighted by Gasteiger charge is 2.17. The summed E-state index contributed by atoms with van der Waals surface area (Å²) >= 11 is 0. The first-order chi connectivity index (χ1) is 8.93. The lowest BCUT2D eigenvalue weighted by Crippen LogP contribution is -2.27. The zero-order valence-electron chi connectivity index (χ0n) is 11.0. The fourth-order valence-electron chi connectivity index (χ4n) is 3.05. The second-order valence-corrected chi connectivity index (χ2v) is 5.45. The lowest BCUT2D eigenvalue weighted by Gasteiger charge is -2.23. The van der Waals surface area contributed by atoms with Crippen molar-refractivity contribution >= 4 is 5.57 Å². The van der Waals surface area contributed by atoms with Gasteiger partial charge in [0.1, 0.15) is 0 Å². The number of nitrogens with one attached hydrogen (secondary N) is 1. The van der Waals surface area contributed by atoms with E-state index in [4.69, 9.17) is 4.98 Å². The van der Waals surface area contributed by atoms with Crippen LogP contribution in [0.3, 0.4) is 0 Å². The van der Waals surface area contributed by atoms with Crippen LogP contribution >= 0.6 is 0 Å². The van der Waals surface area contributed by atoms with Crippen LogP contribution < -0.4 is 5.32 Å². The van der Waals surface area contributed by atoms with Gasteiger partial charge in [-0.25, -0.2) is 0 Å². The van der Waals surface area contributed by atoms with Crippen molar-refractivity contribution in [2.24, 2.45) is 0 Å². The Hall–Kier alpha value is -1.15. The number of rotatable bonds is 2. The zero-order valence-corrected chi connectivity index (χ0v) is 11.0. The number of nitrogens with zero attached hydrogens (tertiary/aromatic N) is 1. The number of allylic oxidation sites excluding steroid dienone is 2. The normalized spacial score (nSPS) is 21.7. The maximum atomic E-state index is 4.92. The minimum Gasteiger partial charge on any atom is -0.317 e. The van der Waals surface area contributed by atoms with Gasteiger partial charge in [-0.05, 0) is 69.3 Å². The van der Waals surface area contributed by atoms with Crippen LogP contribution in [0.1, 0.15) is 55.8 Å². The molecule has 0 spiro atoms. The molecule has 2 nitrogen and oxygen atoms in total. The minimum absolute atomic E-state index is 0.662. The number of hydrogen-bond acceptors (Lipinski definition) is 2. The van der Waals surface area contributed by atoms with Crippen molar-refractivity contribution in [3.8, 4) is 0 Å². The average molecular weight is 242 g/mol. The quantitative estimate of drug-likeness (QED) is 0.858. The first kappa shape index (κ1) is 11.9. The first-order valence-corrected chi connectivity index (χ1v) is 7.30. The molecule has 2 heteroatoms. The van der Waals surface area contributed by atoms with Crippen molar-refractivity contribution in [3.05, 3.63) is 35.7 Å². The van der Waals surface area contributed by atoms with Gasteiger partial charge >= 0.3 is 0 Å². The summed E-state index contributed by atoms with van der Waals surface area (Å²) in [5.41, 5.74) is 4.00. The summed E-state index contributed by atoms with van der Waals surface area (Å²) in [6, 6.07) is 6.58. The highest BCUT2D eigenvalue weighted by atomic mass is 14.9. The Morgan fingerprint density at radius 2 is 2.00 bits per heavy atom. The van der Waals surface area contributed by atoms with Crippen LogP contribution in [-0.2, 0) is 0 Å². The van der Waals surface area contributed by atoms with E-state index in [1.54, 1.807) is 0 Å². The average Bonchev–Trinajstić information content (AvgIpc) is 2.49. The maximum Gasteiger partial charge on any atom is 0.0661 e. The Balaban J connectivity index is 1.81. The number of piperidine rings is 1. The van der Waals surface area contributed by atoms with Crippen molar-refractivity contribution in [2.75, 3.05) is 13.1 Å². The van der Waals surface area contributed by atoms with E-state index in [-0.39, 0.29) is 0 Å². The van der Waals surface area contributed by atoms with Crippen molar-refractivity contribution in [2.45, 2.75) is 44.4 Å². The molecule has 1 N–H and O–H groups in total. The van der Waals surface area contributed by atoms with Gasteiger partial charge in [0.15, 0.2) is 0 Å². The Bertz CT molecular complexity index is 430. The largest absolute Gasteiger partial charge is 0.317 e. The molecule has 0 saturated carbocycles. The molecule has 0 amide bonds. The van der Waals surface area contributed by atoms with Crippen molar-refractivity contribution < 1.29 is 0 Å². The molecule has 1 saturated heterocycles. The van der Waals surface area contributed by atoms with E-state index in [0.29, 0.717) is 5.92 Å². The third kappa shape index (κ3) is 2.64. The lowest BCUT2D eigenvalue weighted by molar-refractivity contribution is 0.453. The third-order valence-corrected chi connectivity index (χ3v) is 4.15. The van der Waals surface area contributed by atoms with Crippen molar-refractivity contribution in [1.82, 2.24) is 10.3 Å². The van der Waals surface area contributed by atoms with Crippen molar-refractivity contribution in [1.29, 1.82) is 0 Å². The van der Waals surface area contributed by atoms with Crippen LogP contribution in [0.2, 0.25) is 0 Å². The van der Waals surface area contributed by atoms with E-state index in [9.17, 15) is 0 Å². The van der Waals surface area contributed by atoms with E-state index in [2.05, 4.69) is 29.6 Å². The molecule has 1 aliphatic heterocycles. The Morgan fingerprint density at radius 3 is 2.78 bits per heavy atom. The molecule has 1 aromatic heterocycles. The molecule has 0 radical (unpaired) electrons. The van der Waals surface area contributed by atoms with E-state index < -0.39 is 0 Å². The summed E-state index contributed by atoms with van der Waals surface area (Å²) in [7, 11) is 0. The summed E-state index contributed by atoms with van der Waals surface area (Å²) < 4.78 is 0. The molecule has 2 aliphatic rings. The summed E-state index contributed by atoms with van der Waals surface area (Å²) in [4.78, 5) is 4.92. The molecule has 0 aromatic carbocycles. The van der Waals surface area contributed by atoms with Gasteiger partial charge in [0.05, 0.1) is 5.69 Å². The minimum atomic E-state index is 0.662. The number of aromatic nitrogens is 1. The van der Waals surface area contributed by atoms with Gasteiger partial charge in [0.2, 0.25) is 0 Å². The van der Waals surface area contributed by atoms with Gasteiger partial charge in [-0.15, -0.1) is 0 Å². The van der Waals surface area contributed by atoms with E-state index in [1.807, 2.05) is 0 Å². The van der Waals surface area contributed by atoms with Gasteiger partial charge < -0.3 is 5.32 Å². The molecule has 1 aliphatic carbocycles. The fourth-order valence-corrected chi connectivity index (χ4v) is 3.05. The van der Waals surface area contributed by atoms with E-state index >= 15 is 0 Å². The molecule has 1 fully saturated rings. The van der Waals surface area contributed by atoms with Gasteiger partial charge in [0.25, 0.3) is 0 Å². The molecule has 0 bridgehead atoms. The topological polar surface area (TPSA) is 24.9 Å². The van der Waals surface area contributed by atoms with Gasteiger partial charge in [0, 0.05) is 11.6 Å². The molecule has 1 aromatic rings. The predicted molar refractivity (Wildman–Crippen MR) is 75.5 cm³/mol. The molecule has 3 rings (SSSR count). The van der Waals surface area contributed by atoms with Crippen molar-refractivity contribution in [3.63, 3.8) is 0 Å². The maximum absolute atomic E-state index is 4.92. The number of hydrogen-bond donors (Lipinski definition) is 1. The third-order valence-electron chi connectivity index (χ3n) is 4.15.